The normalized spacial score (nSPS) is 20.6. The Bertz CT molecular complexity index is 1050. The quantitative estimate of drug-likeness (QED) is 0.375. The van der Waals surface area contributed by atoms with Gasteiger partial charge < -0.3 is 20.4 Å². The molecule has 3 fully saturated rings. The van der Waals surface area contributed by atoms with Gasteiger partial charge in [0.25, 0.3) is 0 Å². The monoisotopic (exact) mass is 554 g/mol. The van der Waals surface area contributed by atoms with Gasteiger partial charge in [-0.2, -0.15) is 9.97 Å². The maximum absolute atomic E-state index is 6.20. The zero-order valence-electron chi connectivity index (χ0n) is 22.9. The summed E-state index contributed by atoms with van der Waals surface area (Å²) in [5, 5.41) is 8.29. The van der Waals surface area contributed by atoms with Crippen molar-refractivity contribution in [1.29, 1.82) is 0 Å². The lowest BCUT2D eigenvalue weighted by Gasteiger charge is -2.38. The molecule has 0 unspecified atom stereocenters. The molecular formula is C30H43ClN6S. The summed E-state index contributed by atoms with van der Waals surface area (Å²) in [6.07, 6.45) is 13.5. The summed E-state index contributed by atoms with van der Waals surface area (Å²) in [7, 11) is 0. The number of anilines is 3. The van der Waals surface area contributed by atoms with Crippen LogP contribution in [-0.4, -0.2) is 47.8 Å². The predicted octanol–water partition coefficient (Wildman–Crippen LogP) is 6.94. The molecule has 1 aliphatic carbocycles. The van der Waals surface area contributed by atoms with Gasteiger partial charge in [0, 0.05) is 49.2 Å². The van der Waals surface area contributed by atoms with Crippen LogP contribution in [0.3, 0.4) is 0 Å². The van der Waals surface area contributed by atoms with Crippen LogP contribution in [0, 0.1) is 5.92 Å². The van der Waals surface area contributed by atoms with E-state index in [0.29, 0.717) is 11.1 Å². The van der Waals surface area contributed by atoms with Gasteiger partial charge in [-0.3, -0.25) is 0 Å². The van der Waals surface area contributed by atoms with Gasteiger partial charge in [-0.15, -0.1) is 0 Å². The minimum Gasteiger partial charge on any atom is -0.361 e. The molecule has 0 radical (unpaired) electrons. The van der Waals surface area contributed by atoms with E-state index in [1.165, 1.54) is 63.4 Å². The molecule has 2 aliphatic heterocycles. The third-order valence-electron chi connectivity index (χ3n) is 8.82. The first kappa shape index (κ1) is 27.4. The molecule has 2 saturated heterocycles. The molecular weight excluding hydrogens is 512 g/mol. The van der Waals surface area contributed by atoms with E-state index in [1.807, 2.05) is 12.1 Å². The van der Waals surface area contributed by atoms with E-state index in [0.717, 1.165) is 68.1 Å². The van der Waals surface area contributed by atoms with Gasteiger partial charge in [-0.25, -0.2) is 0 Å². The summed E-state index contributed by atoms with van der Waals surface area (Å²) in [5.41, 5.74) is 1.41. The van der Waals surface area contributed by atoms with Gasteiger partial charge in [0.05, 0.1) is 0 Å². The highest BCUT2D eigenvalue weighted by molar-refractivity contribution is 7.80. The van der Waals surface area contributed by atoms with Gasteiger partial charge in [0.2, 0.25) is 5.95 Å². The van der Waals surface area contributed by atoms with E-state index in [9.17, 15) is 0 Å². The van der Waals surface area contributed by atoms with Gasteiger partial charge >= 0.3 is 0 Å². The van der Waals surface area contributed by atoms with Crippen molar-refractivity contribution in [1.82, 2.24) is 15.3 Å². The lowest BCUT2D eigenvalue weighted by Crippen LogP contribution is -2.43. The number of thiocarbonyl (C=S) groups is 1. The summed E-state index contributed by atoms with van der Waals surface area (Å²) in [6, 6.07) is 10.6. The Labute approximate surface area is 238 Å². The Kier molecular flexibility index (Phi) is 9.26. The molecule has 1 aromatic carbocycles. The zero-order chi connectivity index (χ0) is 26.4. The van der Waals surface area contributed by atoms with Gasteiger partial charge in [-0.05, 0) is 74.4 Å². The maximum Gasteiger partial charge on any atom is 0.232 e. The highest BCUT2D eigenvalue weighted by atomic mass is 35.5. The SMILES string of the molecule is CC1CCN(c2cc(N3CCCCCC3)nc(NC(=S)NCC3(c4ccc(Cl)cc4)CCCCC3)n2)CC1. The molecule has 6 nitrogen and oxygen atoms in total. The van der Waals surface area contributed by atoms with Gasteiger partial charge in [-0.1, -0.05) is 62.8 Å². The largest absolute Gasteiger partial charge is 0.361 e. The molecule has 0 bridgehead atoms. The molecule has 0 amide bonds. The summed E-state index contributed by atoms with van der Waals surface area (Å²) in [4.78, 5) is 14.8. The van der Waals surface area contributed by atoms with E-state index < -0.39 is 0 Å². The lowest BCUT2D eigenvalue weighted by molar-refractivity contribution is 0.292. The van der Waals surface area contributed by atoms with Gasteiger partial charge in [0.15, 0.2) is 5.11 Å². The Hall–Kier alpha value is -2.12. The van der Waals surface area contributed by atoms with Crippen molar-refractivity contribution in [2.45, 2.75) is 83.0 Å². The van der Waals surface area contributed by atoms with Crippen LogP contribution in [0.1, 0.15) is 83.1 Å². The Morgan fingerprint density at radius 2 is 1.47 bits per heavy atom. The standard InChI is InChI=1S/C30H43ClN6S/c1-23-13-19-37(20-14-23)27-21-26(36-17-7-2-3-8-18-36)33-28(34-27)35-29(38)32-22-30(15-5-4-6-16-30)24-9-11-25(31)12-10-24/h9-12,21,23H,2-8,13-20,22H2,1H3,(H2,32,33,34,35,38). The number of rotatable bonds is 6. The van der Waals surface area contributed by atoms with E-state index >= 15 is 0 Å². The van der Waals surface area contributed by atoms with Crippen molar-refractivity contribution in [3.63, 3.8) is 0 Å². The lowest BCUT2D eigenvalue weighted by atomic mass is 9.69. The average molecular weight is 555 g/mol. The molecule has 0 atom stereocenters. The Morgan fingerprint density at radius 3 is 2.11 bits per heavy atom. The van der Waals surface area contributed by atoms with Crippen LogP contribution in [-0.2, 0) is 5.41 Å². The highest BCUT2D eigenvalue weighted by Gasteiger charge is 2.34. The predicted molar refractivity (Wildman–Crippen MR) is 164 cm³/mol. The number of nitrogens with one attached hydrogen (secondary N) is 2. The van der Waals surface area contributed by atoms with Crippen molar-refractivity contribution in [2.75, 3.05) is 47.8 Å². The molecule has 1 saturated carbocycles. The topological polar surface area (TPSA) is 56.3 Å². The third kappa shape index (κ3) is 6.90. The first-order valence-corrected chi connectivity index (χ1v) is 15.5. The zero-order valence-corrected chi connectivity index (χ0v) is 24.4. The van der Waals surface area contributed by atoms with E-state index in [4.69, 9.17) is 33.8 Å². The van der Waals surface area contributed by atoms with E-state index in [1.54, 1.807) is 0 Å². The number of halogens is 1. The maximum atomic E-state index is 6.20. The molecule has 2 aromatic rings. The average Bonchev–Trinajstić information content (AvgIpc) is 3.23. The molecule has 206 valence electrons. The summed E-state index contributed by atoms with van der Waals surface area (Å²) < 4.78 is 0. The number of nitrogens with zero attached hydrogens (tertiary/aromatic N) is 4. The van der Waals surface area contributed by atoms with Crippen LogP contribution >= 0.6 is 23.8 Å². The minimum absolute atomic E-state index is 0.0684. The first-order chi connectivity index (χ1) is 18.5. The molecule has 5 rings (SSSR count). The van der Waals surface area contributed by atoms with Crippen LogP contribution in [0.2, 0.25) is 5.02 Å². The summed E-state index contributed by atoms with van der Waals surface area (Å²) >= 11 is 12.0. The smallest absolute Gasteiger partial charge is 0.232 e. The number of piperidine rings is 1. The van der Waals surface area contributed by atoms with Crippen LogP contribution < -0.4 is 20.4 Å². The number of hydrogen-bond acceptors (Lipinski definition) is 5. The minimum atomic E-state index is 0.0684. The first-order valence-electron chi connectivity index (χ1n) is 14.7. The summed E-state index contributed by atoms with van der Waals surface area (Å²) in [6.45, 7) is 7.34. The second kappa shape index (κ2) is 12.8. The second-order valence-corrected chi connectivity index (χ2v) is 12.5. The van der Waals surface area contributed by atoms with Crippen molar-refractivity contribution < 1.29 is 0 Å². The Morgan fingerprint density at radius 1 is 0.895 bits per heavy atom. The van der Waals surface area contributed by atoms with E-state index in [-0.39, 0.29) is 5.41 Å². The van der Waals surface area contributed by atoms with Crippen LogP contribution in [0.5, 0.6) is 0 Å². The van der Waals surface area contributed by atoms with Crippen molar-refractivity contribution in [3.05, 3.63) is 40.9 Å². The fourth-order valence-electron chi connectivity index (χ4n) is 6.33. The molecule has 8 heteroatoms. The van der Waals surface area contributed by atoms with Crippen molar-refractivity contribution in [2.24, 2.45) is 5.92 Å². The molecule has 38 heavy (non-hydrogen) atoms. The van der Waals surface area contributed by atoms with Crippen molar-refractivity contribution >= 4 is 46.5 Å². The summed E-state index contributed by atoms with van der Waals surface area (Å²) in [5.74, 6) is 3.41. The Balaban J connectivity index is 1.32. The fourth-order valence-corrected chi connectivity index (χ4v) is 6.62. The number of hydrogen-bond donors (Lipinski definition) is 2. The number of aromatic nitrogens is 2. The highest BCUT2D eigenvalue weighted by Crippen LogP contribution is 2.39. The van der Waals surface area contributed by atoms with Crippen LogP contribution in [0.4, 0.5) is 17.6 Å². The van der Waals surface area contributed by atoms with Crippen LogP contribution in [0.15, 0.2) is 30.3 Å². The van der Waals surface area contributed by atoms with E-state index in [2.05, 4.69) is 45.6 Å². The van der Waals surface area contributed by atoms with Gasteiger partial charge in [0.1, 0.15) is 11.6 Å². The molecule has 0 spiro atoms. The molecule has 1 aromatic heterocycles. The van der Waals surface area contributed by atoms with Crippen molar-refractivity contribution in [3.8, 4) is 0 Å². The molecule has 3 aliphatic rings. The second-order valence-electron chi connectivity index (χ2n) is 11.6. The van der Waals surface area contributed by atoms with Crippen LogP contribution in [0.25, 0.3) is 0 Å². The molecule has 2 N–H and O–H groups in total. The fraction of sp³-hybridized carbons (Fsp3) is 0.633. The molecule has 3 heterocycles. The number of benzene rings is 1. The third-order valence-corrected chi connectivity index (χ3v) is 9.32.